The first-order valence-electron chi connectivity index (χ1n) is 3.83. The molecule has 2 aromatic rings. The molecule has 2 rings (SSSR count). The molecular weight excluding hydrogens is 166 g/mol. The van der Waals surface area contributed by atoms with Gasteiger partial charge in [0.25, 0.3) is 0 Å². The minimum Gasteiger partial charge on any atom is -0.504 e. The molecule has 1 N–H and O–H groups in total. The first-order valence-corrected chi connectivity index (χ1v) is 3.83. The maximum Gasteiger partial charge on any atom is 0.331 e. The largest absolute Gasteiger partial charge is 0.504 e. The smallest absolute Gasteiger partial charge is 0.331 e. The molecule has 4 nitrogen and oxygen atoms in total. The molecule has 64 valence electrons. The standard InChI is InChI=1S/C9H7N3O/c13-8-2-1-5-12(6-8)9-3-4-10-7-11-9/h1-7H/p+1. The quantitative estimate of drug-likeness (QED) is 0.639. The van der Waals surface area contributed by atoms with E-state index in [2.05, 4.69) is 9.97 Å². The van der Waals surface area contributed by atoms with E-state index in [0.29, 0.717) is 0 Å². The molecule has 0 radical (unpaired) electrons. The lowest BCUT2D eigenvalue weighted by molar-refractivity contribution is -0.600. The maximum absolute atomic E-state index is 9.21. The Morgan fingerprint density at radius 3 is 2.92 bits per heavy atom. The van der Waals surface area contributed by atoms with Gasteiger partial charge in [-0.25, -0.2) is 4.98 Å². The summed E-state index contributed by atoms with van der Waals surface area (Å²) >= 11 is 0. The summed E-state index contributed by atoms with van der Waals surface area (Å²) < 4.78 is 1.72. The van der Waals surface area contributed by atoms with Crippen LogP contribution in [0.4, 0.5) is 0 Å². The van der Waals surface area contributed by atoms with E-state index in [4.69, 9.17) is 0 Å². The first-order chi connectivity index (χ1) is 6.36. The topological polar surface area (TPSA) is 49.9 Å². The zero-order valence-electron chi connectivity index (χ0n) is 6.83. The van der Waals surface area contributed by atoms with Crippen LogP contribution in [0.1, 0.15) is 0 Å². The highest BCUT2D eigenvalue weighted by molar-refractivity contribution is 5.13. The summed E-state index contributed by atoms with van der Waals surface area (Å²) in [6.45, 7) is 0. The van der Waals surface area contributed by atoms with Crippen LogP contribution in [0.5, 0.6) is 5.75 Å². The maximum atomic E-state index is 9.21. The van der Waals surface area contributed by atoms with E-state index in [0.717, 1.165) is 5.82 Å². The molecule has 0 atom stereocenters. The molecule has 4 heteroatoms. The molecule has 2 heterocycles. The molecule has 0 fully saturated rings. The summed E-state index contributed by atoms with van der Waals surface area (Å²) in [7, 11) is 0. The third kappa shape index (κ3) is 1.61. The Morgan fingerprint density at radius 1 is 1.31 bits per heavy atom. The van der Waals surface area contributed by atoms with Crippen molar-refractivity contribution >= 4 is 0 Å². The third-order valence-electron chi connectivity index (χ3n) is 1.62. The van der Waals surface area contributed by atoms with Crippen molar-refractivity contribution in [3.05, 3.63) is 43.1 Å². The van der Waals surface area contributed by atoms with Crippen LogP contribution in [0.2, 0.25) is 0 Å². The molecule has 0 spiro atoms. The molecule has 0 saturated heterocycles. The zero-order valence-corrected chi connectivity index (χ0v) is 6.83. The molecule has 0 amide bonds. The normalized spacial score (nSPS) is 9.85. The van der Waals surface area contributed by atoms with E-state index >= 15 is 0 Å². The monoisotopic (exact) mass is 174 g/mol. The van der Waals surface area contributed by atoms with Gasteiger partial charge in [-0.1, -0.05) is 0 Å². The van der Waals surface area contributed by atoms with Gasteiger partial charge in [-0.2, -0.15) is 4.57 Å². The van der Waals surface area contributed by atoms with Gasteiger partial charge < -0.3 is 5.11 Å². The summed E-state index contributed by atoms with van der Waals surface area (Å²) in [4.78, 5) is 7.84. The van der Waals surface area contributed by atoms with Gasteiger partial charge in [0, 0.05) is 6.20 Å². The average molecular weight is 174 g/mol. The fraction of sp³-hybridized carbons (Fsp3) is 0. The molecule has 0 aliphatic heterocycles. The number of hydrogen-bond donors (Lipinski definition) is 1. The SMILES string of the molecule is Oc1ccc[n+](-c2ccncn2)c1. The Morgan fingerprint density at radius 2 is 2.23 bits per heavy atom. The van der Waals surface area contributed by atoms with E-state index in [1.54, 1.807) is 35.2 Å². The van der Waals surface area contributed by atoms with E-state index in [-0.39, 0.29) is 5.75 Å². The number of nitrogens with zero attached hydrogens (tertiary/aromatic N) is 3. The summed E-state index contributed by atoms with van der Waals surface area (Å²) in [6.07, 6.45) is 6.51. The number of aromatic hydroxyl groups is 1. The molecular formula is C9H8N3O+. The van der Waals surface area contributed by atoms with Crippen molar-refractivity contribution in [2.45, 2.75) is 0 Å². The summed E-state index contributed by atoms with van der Waals surface area (Å²) in [6, 6.07) is 5.12. The highest BCUT2D eigenvalue weighted by Gasteiger charge is 2.05. The van der Waals surface area contributed by atoms with Crippen molar-refractivity contribution < 1.29 is 9.67 Å². The summed E-state index contributed by atoms with van der Waals surface area (Å²) in [5.74, 6) is 0.937. The fourth-order valence-corrected chi connectivity index (χ4v) is 1.04. The summed E-state index contributed by atoms with van der Waals surface area (Å²) in [5.41, 5.74) is 0. The third-order valence-corrected chi connectivity index (χ3v) is 1.62. The minimum absolute atomic E-state index is 0.209. The predicted molar refractivity (Wildman–Crippen MR) is 45.2 cm³/mol. The number of aromatic nitrogens is 3. The van der Waals surface area contributed by atoms with Gasteiger partial charge >= 0.3 is 5.82 Å². The highest BCUT2D eigenvalue weighted by Crippen LogP contribution is 2.02. The second-order valence-electron chi connectivity index (χ2n) is 2.54. The fourth-order valence-electron chi connectivity index (χ4n) is 1.04. The van der Waals surface area contributed by atoms with Gasteiger partial charge in [0.05, 0.1) is 12.3 Å². The van der Waals surface area contributed by atoms with Crippen LogP contribution in [-0.4, -0.2) is 15.1 Å². The Kier molecular flexibility index (Phi) is 1.88. The van der Waals surface area contributed by atoms with Crippen LogP contribution in [0.3, 0.4) is 0 Å². The Bertz CT molecular complexity index is 403. The van der Waals surface area contributed by atoms with Crippen molar-refractivity contribution in [1.82, 2.24) is 9.97 Å². The van der Waals surface area contributed by atoms with Crippen molar-refractivity contribution in [2.75, 3.05) is 0 Å². The van der Waals surface area contributed by atoms with Crippen molar-refractivity contribution in [2.24, 2.45) is 0 Å². The Balaban J connectivity index is 2.48. The van der Waals surface area contributed by atoms with E-state index in [9.17, 15) is 5.11 Å². The highest BCUT2D eigenvalue weighted by atomic mass is 16.3. The van der Waals surface area contributed by atoms with Crippen LogP contribution in [0.25, 0.3) is 5.82 Å². The Hall–Kier alpha value is -1.97. The molecule has 0 aliphatic rings. The second-order valence-corrected chi connectivity index (χ2v) is 2.54. The van der Waals surface area contributed by atoms with Gasteiger partial charge in [-0.05, 0) is 17.1 Å². The van der Waals surface area contributed by atoms with Crippen LogP contribution in [0.15, 0.2) is 43.1 Å². The van der Waals surface area contributed by atoms with Gasteiger partial charge in [0.2, 0.25) is 6.33 Å². The van der Waals surface area contributed by atoms with Gasteiger partial charge in [-0.15, -0.1) is 0 Å². The lowest BCUT2D eigenvalue weighted by atomic mass is 10.4. The van der Waals surface area contributed by atoms with E-state index in [1.165, 1.54) is 6.33 Å². The molecule has 13 heavy (non-hydrogen) atoms. The van der Waals surface area contributed by atoms with Crippen LogP contribution in [0, 0.1) is 0 Å². The van der Waals surface area contributed by atoms with Crippen LogP contribution < -0.4 is 4.57 Å². The molecule has 0 aliphatic carbocycles. The minimum atomic E-state index is 0.209. The predicted octanol–water partition coefficient (Wildman–Crippen LogP) is 0.459. The van der Waals surface area contributed by atoms with Crippen molar-refractivity contribution in [3.8, 4) is 11.6 Å². The first kappa shape index (κ1) is 7.67. The lowest BCUT2D eigenvalue weighted by Gasteiger charge is -1.94. The van der Waals surface area contributed by atoms with Crippen LogP contribution in [-0.2, 0) is 0 Å². The van der Waals surface area contributed by atoms with Crippen molar-refractivity contribution in [1.29, 1.82) is 0 Å². The molecule has 0 aromatic carbocycles. The number of rotatable bonds is 1. The van der Waals surface area contributed by atoms with E-state index in [1.807, 2.05) is 6.20 Å². The molecule has 0 saturated carbocycles. The number of hydrogen-bond acceptors (Lipinski definition) is 3. The average Bonchev–Trinajstić information content (AvgIpc) is 2.19. The van der Waals surface area contributed by atoms with Crippen molar-refractivity contribution in [3.63, 3.8) is 0 Å². The lowest BCUT2D eigenvalue weighted by Crippen LogP contribution is -2.30. The van der Waals surface area contributed by atoms with Crippen LogP contribution >= 0.6 is 0 Å². The van der Waals surface area contributed by atoms with Gasteiger partial charge in [0.15, 0.2) is 5.75 Å². The van der Waals surface area contributed by atoms with E-state index < -0.39 is 0 Å². The zero-order chi connectivity index (χ0) is 9.10. The van der Waals surface area contributed by atoms with Gasteiger partial charge in [-0.3, -0.25) is 0 Å². The second kappa shape index (κ2) is 3.18. The molecule has 2 aromatic heterocycles. The molecule has 0 unspecified atom stereocenters. The van der Waals surface area contributed by atoms with Gasteiger partial charge in [0.1, 0.15) is 6.20 Å². The number of pyridine rings is 1. The molecule has 0 bridgehead atoms. The Labute approximate surface area is 75.2 Å². The summed E-state index contributed by atoms with van der Waals surface area (Å²) in [5, 5.41) is 9.21.